The molecule has 2 aromatic rings. The van der Waals surface area contributed by atoms with E-state index in [1.54, 1.807) is 37.4 Å². The third-order valence-corrected chi connectivity index (χ3v) is 3.17. The normalized spacial score (nSPS) is 10.0. The highest BCUT2D eigenvalue weighted by Crippen LogP contribution is 2.11. The highest BCUT2D eigenvalue weighted by atomic mass is 19.1. The summed E-state index contributed by atoms with van der Waals surface area (Å²) < 4.78 is 18.4. The predicted molar refractivity (Wildman–Crippen MR) is 84.1 cm³/mol. The smallest absolute Gasteiger partial charge is 0.254 e. The molecule has 2 rings (SSSR count). The van der Waals surface area contributed by atoms with Crippen molar-refractivity contribution in [3.8, 4) is 5.75 Å². The van der Waals surface area contributed by atoms with Gasteiger partial charge in [-0.15, -0.1) is 0 Å². The minimum Gasteiger partial charge on any atom is -0.497 e. The van der Waals surface area contributed by atoms with Gasteiger partial charge >= 0.3 is 0 Å². The van der Waals surface area contributed by atoms with Gasteiger partial charge in [-0.05, 0) is 36.4 Å². The van der Waals surface area contributed by atoms with Crippen molar-refractivity contribution in [1.82, 2.24) is 10.6 Å². The molecule has 0 aliphatic heterocycles. The van der Waals surface area contributed by atoms with Crippen LogP contribution in [0, 0.1) is 5.82 Å². The molecule has 0 unspecified atom stereocenters. The Morgan fingerprint density at radius 1 is 0.957 bits per heavy atom. The molecule has 0 saturated heterocycles. The number of halogens is 1. The van der Waals surface area contributed by atoms with E-state index in [2.05, 4.69) is 10.6 Å². The molecule has 2 aromatic carbocycles. The average Bonchev–Trinajstić information content (AvgIpc) is 2.58. The lowest BCUT2D eigenvalue weighted by atomic mass is 10.2. The first kappa shape index (κ1) is 16.5. The van der Waals surface area contributed by atoms with Gasteiger partial charge in [0.2, 0.25) is 0 Å². The van der Waals surface area contributed by atoms with Gasteiger partial charge in [-0.25, -0.2) is 4.39 Å². The Morgan fingerprint density at radius 3 is 2.17 bits per heavy atom. The van der Waals surface area contributed by atoms with Gasteiger partial charge in [0.25, 0.3) is 11.8 Å². The van der Waals surface area contributed by atoms with Crippen LogP contribution in [0.3, 0.4) is 0 Å². The SMILES string of the molecule is COc1ccc(C(=O)NCCNC(=O)c2ccccc2F)cc1. The van der Waals surface area contributed by atoms with Gasteiger partial charge in [0.05, 0.1) is 12.7 Å². The monoisotopic (exact) mass is 316 g/mol. The molecule has 0 fully saturated rings. The minimum atomic E-state index is -0.577. The summed E-state index contributed by atoms with van der Waals surface area (Å²) >= 11 is 0. The number of carbonyl (C=O) groups excluding carboxylic acids is 2. The van der Waals surface area contributed by atoms with Crippen molar-refractivity contribution in [2.45, 2.75) is 0 Å². The topological polar surface area (TPSA) is 67.4 Å². The Morgan fingerprint density at radius 2 is 1.57 bits per heavy atom. The van der Waals surface area contributed by atoms with E-state index < -0.39 is 11.7 Å². The number of hydrogen-bond acceptors (Lipinski definition) is 3. The molecule has 120 valence electrons. The molecule has 0 aliphatic carbocycles. The summed E-state index contributed by atoms with van der Waals surface area (Å²) in [5, 5.41) is 5.22. The number of hydrogen-bond donors (Lipinski definition) is 2. The van der Waals surface area contributed by atoms with Gasteiger partial charge < -0.3 is 15.4 Å². The van der Waals surface area contributed by atoms with Gasteiger partial charge in [-0.2, -0.15) is 0 Å². The summed E-state index contributed by atoms with van der Waals surface area (Å²) in [5.74, 6) is -0.680. The maximum atomic E-state index is 13.4. The average molecular weight is 316 g/mol. The number of rotatable bonds is 6. The van der Waals surface area contributed by atoms with E-state index in [9.17, 15) is 14.0 Å². The molecule has 0 aromatic heterocycles. The molecule has 0 heterocycles. The number of carbonyl (C=O) groups is 2. The van der Waals surface area contributed by atoms with Crippen LogP contribution in [0.15, 0.2) is 48.5 Å². The predicted octanol–water partition coefficient (Wildman–Crippen LogP) is 1.99. The zero-order chi connectivity index (χ0) is 16.7. The van der Waals surface area contributed by atoms with Crippen LogP contribution >= 0.6 is 0 Å². The number of amides is 2. The molecule has 0 aliphatic rings. The molecular formula is C17H17FN2O3. The van der Waals surface area contributed by atoms with E-state index in [4.69, 9.17) is 4.74 Å². The number of nitrogens with one attached hydrogen (secondary N) is 2. The Balaban J connectivity index is 1.77. The molecule has 0 saturated carbocycles. The van der Waals surface area contributed by atoms with Crippen molar-refractivity contribution in [3.05, 3.63) is 65.5 Å². The third-order valence-electron chi connectivity index (χ3n) is 3.17. The second-order valence-electron chi connectivity index (χ2n) is 4.72. The van der Waals surface area contributed by atoms with E-state index in [1.165, 1.54) is 18.2 Å². The summed E-state index contributed by atoms with van der Waals surface area (Å²) in [6.07, 6.45) is 0. The van der Waals surface area contributed by atoms with E-state index in [0.29, 0.717) is 11.3 Å². The molecular weight excluding hydrogens is 299 g/mol. The Bertz CT molecular complexity index is 686. The maximum absolute atomic E-state index is 13.4. The quantitative estimate of drug-likeness (QED) is 0.801. The lowest BCUT2D eigenvalue weighted by molar-refractivity contribution is 0.0925. The molecule has 5 nitrogen and oxygen atoms in total. The second kappa shape index (κ2) is 7.93. The highest BCUT2D eigenvalue weighted by Gasteiger charge is 2.10. The van der Waals surface area contributed by atoms with E-state index in [1.807, 2.05) is 0 Å². The number of methoxy groups -OCH3 is 1. The summed E-state index contributed by atoms with van der Waals surface area (Å²) in [6, 6.07) is 12.4. The first-order valence-corrected chi connectivity index (χ1v) is 7.07. The first-order chi connectivity index (χ1) is 11.1. The van der Waals surface area contributed by atoms with Crippen LogP contribution in [0.1, 0.15) is 20.7 Å². The standard InChI is InChI=1S/C17H17FN2O3/c1-23-13-8-6-12(7-9-13)16(21)19-10-11-20-17(22)14-4-2-3-5-15(14)18/h2-9H,10-11H2,1H3,(H,19,21)(H,20,22). The summed E-state index contributed by atoms with van der Waals surface area (Å²) in [6.45, 7) is 0.445. The third kappa shape index (κ3) is 4.54. The first-order valence-electron chi connectivity index (χ1n) is 7.07. The van der Waals surface area contributed by atoms with Crippen LogP contribution in [0.25, 0.3) is 0 Å². The van der Waals surface area contributed by atoms with Crippen LogP contribution in [-0.2, 0) is 0 Å². The fraction of sp³-hybridized carbons (Fsp3) is 0.176. The molecule has 0 bridgehead atoms. The van der Waals surface area contributed by atoms with E-state index >= 15 is 0 Å². The van der Waals surface area contributed by atoms with Gasteiger partial charge in [0.1, 0.15) is 11.6 Å². The largest absolute Gasteiger partial charge is 0.497 e. The zero-order valence-corrected chi connectivity index (χ0v) is 12.6. The molecule has 0 atom stereocenters. The molecule has 0 spiro atoms. The summed E-state index contributed by atoms with van der Waals surface area (Å²) in [4.78, 5) is 23.7. The molecule has 2 amide bonds. The molecule has 6 heteroatoms. The van der Waals surface area contributed by atoms with Gasteiger partial charge in [-0.3, -0.25) is 9.59 Å². The van der Waals surface area contributed by atoms with Crippen LogP contribution < -0.4 is 15.4 Å². The summed E-state index contributed by atoms with van der Waals surface area (Å²) in [7, 11) is 1.55. The van der Waals surface area contributed by atoms with Crippen molar-refractivity contribution in [2.75, 3.05) is 20.2 Å². The molecule has 2 N–H and O–H groups in total. The highest BCUT2D eigenvalue weighted by molar-refractivity contribution is 5.95. The van der Waals surface area contributed by atoms with E-state index in [-0.39, 0.29) is 24.6 Å². The Kier molecular flexibility index (Phi) is 5.68. The van der Waals surface area contributed by atoms with Gasteiger partial charge in [0.15, 0.2) is 0 Å². The Labute approximate surface area is 133 Å². The van der Waals surface area contributed by atoms with Crippen molar-refractivity contribution < 1.29 is 18.7 Å². The molecule has 23 heavy (non-hydrogen) atoms. The minimum absolute atomic E-state index is 0.0195. The summed E-state index contributed by atoms with van der Waals surface area (Å²) in [5.41, 5.74) is 0.472. The maximum Gasteiger partial charge on any atom is 0.254 e. The fourth-order valence-electron chi connectivity index (χ4n) is 1.94. The molecule has 0 radical (unpaired) electrons. The van der Waals surface area contributed by atoms with Gasteiger partial charge in [0, 0.05) is 18.7 Å². The van der Waals surface area contributed by atoms with Crippen molar-refractivity contribution >= 4 is 11.8 Å². The van der Waals surface area contributed by atoms with Crippen LogP contribution in [0.5, 0.6) is 5.75 Å². The van der Waals surface area contributed by atoms with Crippen LogP contribution in [-0.4, -0.2) is 32.0 Å². The zero-order valence-electron chi connectivity index (χ0n) is 12.6. The number of benzene rings is 2. The van der Waals surface area contributed by atoms with E-state index in [0.717, 1.165) is 0 Å². The van der Waals surface area contributed by atoms with Gasteiger partial charge in [-0.1, -0.05) is 12.1 Å². The van der Waals surface area contributed by atoms with Crippen LogP contribution in [0.2, 0.25) is 0 Å². The number of ether oxygens (including phenoxy) is 1. The lowest BCUT2D eigenvalue weighted by Crippen LogP contribution is -2.35. The second-order valence-corrected chi connectivity index (χ2v) is 4.72. The lowest BCUT2D eigenvalue weighted by Gasteiger charge is -2.08. The van der Waals surface area contributed by atoms with Crippen molar-refractivity contribution in [3.63, 3.8) is 0 Å². The fourth-order valence-corrected chi connectivity index (χ4v) is 1.94. The van der Waals surface area contributed by atoms with Crippen molar-refractivity contribution in [1.29, 1.82) is 0 Å². The van der Waals surface area contributed by atoms with Crippen LogP contribution in [0.4, 0.5) is 4.39 Å². The Hall–Kier alpha value is -2.89. The van der Waals surface area contributed by atoms with Crippen molar-refractivity contribution in [2.24, 2.45) is 0 Å².